The van der Waals surface area contributed by atoms with Crippen LogP contribution in [0.2, 0.25) is 0 Å². The maximum Gasteiger partial charge on any atom is 0.241 e. The summed E-state index contributed by atoms with van der Waals surface area (Å²) < 4.78 is 0. The third-order valence-electron chi connectivity index (χ3n) is 3.27. The summed E-state index contributed by atoms with van der Waals surface area (Å²) in [5.74, 6) is 0.730. The van der Waals surface area contributed by atoms with E-state index in [2.05, 4.69) is 13.8 Å². The van der Waals surface area contributed by atoms with E-state index in [0.29, 0.717) is 25.4 Å². The van der Waals surface area contributed by atoms with Gasteiger partial charge in [0.15, 0.2) is 0 Å². The summed E-state index contributed by atoms with van der Waals surface area (Å²) in [6.45, 7) is 7.58. The van der Waals surface area contributed by atoms with Crippen LogP contribution in [0, 0.1) is 11.8 Å². The van der Waals surface area contributed by atoms with Gasteiger partial charge in [0.05, 0.1) is 6.54 Å². The molecule has 0 aliphatic rings. The van der Waals surface area contributed by atoms with Crippen molar-refractivity contribution in [2.75, 3.05) is 33.7 Å². The van der Waals surface area contributed by atoms with Gasteiger partial charge in [-0.1, -0.05) is 20.8 Å². The van der Waals surface area contributed by atoms with Crippen molar-refractivity contribution in [1.82, 2.24) is 9.80 Å². The Morgan fingerprint density at radius 3 is 2.15 bits per heavy atom. The zero-order valence-electron chi connectivity index (χ0n) is 13.7. The predicted molar refractivity (Wildman–Crippen MR) is 82.2 cm³/mol. The topological polar surface area (TPSA) is 66.6 Å². The van der Waals surface area contributed by atoms with Gasteiger partial charge in [0.1, 0.15) is 0 Å². The molecule has 20 heavy (non-hydrogen) atoms. The predicted octanol–water partition coefficient (Wildman–Crippen LogP) is 1.32. The quantitative estimate of drug-likeness (QED) is 0.695. The van der Waals surface area contributed by atoms with E-state index in [1.807, 2.05) is 6.92 Å². The molecule has 0 aromatic heterocycles. The molecule has 0 aliphatic carbocycles. The summed E-state index contributed by atoms with van der Waals surface area (Å²) in [6, 6.07) is 0. The van der Waals surface area contributed by atoms with E-state index in [9.17, 15) is 9.59 Å². The number of rotatable bonds is 9. The van der Waals surface area contributed by atoms with Gasteiger partial charge in [-0.25, -0.2) is 0 Å². The zero-order valence-corrected chi connectivity index (χ0v) is 13.7. The molecule has 0 heterocycles. The molecule has 0 spiro atoms. The molecule has 0 saturated heterocycles. The van der Waals surface area contributed by atoms with Gasteiger partial charge >= 0.3 is 0 Å². The number of likely N-dealkylation sites (N-methyl/N-ethyl adjacent to an activating group) is 1. The lowest BCUT2D eigenvalue weighted by Crippen LogP contribution is -2.41. The number of carbonyl (C=O) groups excluding carboxylic acids is 2. The lowest BCUT2D eigenvalue weighted by molar-refractivity contribution is -0.139. The summed E-state index contributed by atoms with van der Waals surface area (Å²) in [6.07, 6.45) is 2.24. The Kier molecular flexibility index (Phi) is 9.21. The molecular formula is C15H31N3O2. The smallest absolute Gasteiger partial charge is 0.241 e. The van der Waals surface area contributed by atoms with E-state index in [1.165, 1.54) is 4.90 Å². The first-order chi connectivity index (χ1) is 9.31. The number of nitrogens with zero attached hydrogens (tertiary/aromatic N) is 2. The largest absolute Gasteiger partial charge is 0.347 e. The molecule has 118 valence electrons. The molecule has 0 rings (SSSR count). The molecule has 0 unspecified atom stereocenters. The molecule has 0 aromatic rings. The molecule has 0 aliphatic heterocycles. The number of hydrogen-bond acceptors (Lipinski definition) is 3. The Hall–Kier alpha value is -1.10. The molecule has 0 radical (unpaired) electrons. The highest BCUT2D eigenvalue weighted by atomic mass is 16.2. The van der Waals surface area contributed by atoms with Gasteiger partial charge in [0.25, 0.3) is 0 Å². The molecular weight excluding hydrogens is 254 g/mol. The number of nitrogens with two attached hydrogens (primary N) is 1. The van der Waals surface area contributed by atoms with Crippen molar-refractivity contribution in [1.29, 1.82) is 0 Å². The van der Waals surface area contributed by atoms with Gasteiger partial charge in [-0.3, -0.25) is 9.59 Å². The van der Waals surface area contributed by atoms with Crippen LogP contribution in [-0.4, -0.2) is 55.3 Å². The summed E-state index contributed by atoms with van der Waals surface area (Å²) in [4.78, 5) is 27.3. The molecule has 5 nitrogen and oxygen atoms in total. The number of hydrogen-bond donors (Lipinski definition) is 1. The lowest BCUT2D eigenvalue weighted by atomic mass is 9.93. The molecule has 0 saturated carbocycles. The number of carbonyl (C=O) groups is 2. The van der Waals surface area contributed by atoms with Crippen molar-refractivity contribution in [3.63, 3.8) is 0 Å². The van der Waals surface area contributed by atoms with Crippen LogP contribution in [0.25, 0.3) is 0 Å². The molecule has 5 heteroatoms. The van der Waals surface area contributed by atoms with Crippen LogP contribution < -0.4 is 5.73 Å². The molecule has 0 aromatic carbocycles. The first-order valence-electron chi connectivity index (χ1n) is 7.49. The lowest BCUT2D eigenvalue weighted by Gasteiger charge is -2.26. The van der Waals surface area contributed by atoms with Crippen molar-refractivity contribution < 1.29 is 9.59 Å². The Morgan fingerprint density at radius 2 is 1.75 bits per heavy atom. The van der Waals surface area contributed by atoms with Crippen LogP contribution in [0.4, 0.5) is 0 Å². The second kappa shape index (κ2) is 9.75. The Bertz CT molecular complexity index is 303. The van der Waals surface area contributed by atoms with E-state index < -0.39 is 0 Å². The Morgan fingerprint density at radius 1 is 1.15 bits per heavy atom. The monoisotopic (exact) mass is 285 g/mol. The van der Waals surface area contributed by atoms with Gasteiger partial charge in [-0.2, -0.15) is 0 Å². The average molecular weight is 285 g/mol. The Labute approximate surface area is 123 Å². The second-order valence-corrected chi connectivity index (χ2v) is 6.04. The SMILES string of the molecule is CCCN(CC(=O)N(C)C)C(=O)C[C@@H](CN)CC(C)C. The van der Waals surface area contributed by atoms with Crippen LogP contribution >= 0.6 is 0 Å². The zero-order chi connectivity index (χ0) is 15.7. The minimum Gasteiger partial charge on any atom is -0.347 e. The third kappa shape index (κ3) is 7.48. The maximum absolute atomic E-state index is 12.3. The standard InChI is InChI=1S/C15H31N3O2/c1-6-7-18(11-15(20)17(4)5)14(19)9-13(10-16)8-12(2)3/h12-13H,6-11,16H2,1-5H3/t13-/m0/s1. The normalized spacial score (nSPS) is 12.3. The summed E-state index contributed by atoms with van der Waals surface area (Å²) in [5, 5.41) is 0. The van der Waals surface area contributed by atoms with E-state index >= 15 is 0 Å². The highest BCUT2D eigenvalue weighted by Crippen LogP contribution is 2.15. The summed E-state index contributed by atoms with van der Waals surface area (Å²) in [7, 11) is 3.41. The minimum absolute atomic E-state index is 0.0400. The van der Waals surface area contributed by atoms with Crippen molar-refractivity contribution in [3.05, 3.63) is 0 Å². The molecule has 1 atom stereocenters. The molecule has 0 fully saturated rings. The molecule has 2 N–H and O–H groups in total. The fraction of sp³-hybridized carbons (Fsp3) is 0.867. The van der Waals surface area contributed by atoms with Gasteiger partial charge < -0.3 is 15.5 Å². The van der Waals surface area contributed by atoms with E-state index in [4.69, 9.17) is 5.73 Å². The van der Waals surface area contributed by atoms with Gasteiger partial charge in [-0.15, -0.1) is 0 Å². The minimum atomic E-state index is -0.0417. The van der Waals surface area contributed by atoms with Gasteiger partial charge in [0.2, 0.25) is 11.8 Å². The van der Waals surface area contributed by atoms with Crippen molar-refractivity contribution >= 4 is 11.8 Å². The molecule has 2 amide bonds. The van der Waals surface area contributed by atoms with Crippen molar-refractivity contribution in [2.45, 2.75) is 40.0 Å². The first-order valence-corrected chi connectivity index (χ1v) is 7.49. The summed E-state index contributed by atoms with van der Waals surface area (Å²) in [5.41, 5.74) is 5.75. The highest BCUT2D eigenvalue weighted by molar-refractivity contribution is 5.84. The molecule has 0 bridgehead atoms. The van der Waals surface area contributed by atoms with Gasteiger partial charge in [-0.05, 0) is 31.2 Å². The van der Waals surface area contributed by atoms with Crippen molar-refractivity contribution in [3.8, 4) is 0 Å². The third-order valence-corrected chi connectivity index (χ3v) is 3.27. The van der Waals surface area contributed by atoms with E-state index in [0.717, 1.165) is 12.8 Å². The summed E-state index contributed by atoms with van der Waals surface area (Å²) >= 11 is 0. The fourth-order valence-electron chi connectivity index (χ4n) is 2.17. The van der Waals surface area contributed by atoms with Crippen LogP contribution in [0.1, 0.15) is 40.0 Å². The number of amides is 2. The van der Waals surface area contributed by atoms with E-state index in [-0.39, 0.29) is 24.3 Å². The van der Waals surface area contributed by atoms with Crippen LogP contribution in [0.15, 0.2) is 0 Å². The van der Waals surface area contributed by atoms with Crippen LogP contribution in [0.5, 0.6) is 0 Å². The van der Waals surface area contributed by atoms with E-state index in [1.54, 1.807) is 19.0 Å². The van der Waals surface area contributed by atoms with Crippen molar-refractivity contribution in [2.24, 2.45) is 17.6 Å². The first kappa shape index (κ1) is 18.9. The van der Waals surface area contributed by atoms with Gasteiger partial charge in [0, 0.05) is 27.1 Å². The fourth-order valence-corrected chi connectivity index (χ4v) is 2.17. The second-order valence-electron chi connectivity index (χ2n) is 6.04. The van der Waals surface area contributed by atoms with Crippen LogP contribution in [-0.2, 0) is 9.59 Å². The Balaban J connectivity index is 4.58. The van der Waals surface area contributed by atoms with Crippen LogP contribution in [0.3, 0.4) is 0 Å². The highest BCUT2D eigenvalue weighted by Gasteiger charge is 2.21. The maximum atomic E-state index is 12.3. The average Bonchev–Trinajstić information content (AvgIpc) is 2.36.